The van der Waals surface area contributed by atoms with Crippen molar-refractivity contribution in [3.8, 4) is 0 Å². The number of aryl methyl sites for hydroxylation is 1. The molecule has 2 aromatic rings. The third-order valence-electron chi connectivity index (χ3n) is 4.93. The van der Waals surface area contributed by atoms with E-state index in [9.17, 15) is 14.0 Å². The van der Waals surface area contributed by atoms with E-state index in [0.29, 0.717) is 48.3 Å². The SMILES string of the molecule is Cc1ccc(N2C(=O)C(c3ccc(F)cc3)=C(N3CCOCC3)C2=O)cc1Cl. The van der Waals surface area contributed by atoms with Gasteiger partial charge in [0.15, 0.2) is 0 Å². The van der Waals surface area contributed by atoms with Gasteiger partial charge in [-0.25, -0.2) is 9.29 Å². The molecule has 4 rings (SSSR count). The summed E-state index contributed by atoms with van der Waals surface area (Å²) in [5.74, 6) is -1.26. The molecule has 2 aliphatic heterocycles. The molecule has 0 aromatic heterocycles. The zero-order valence-electron chi connectivity index (χ0n) is 15.2. The van der Waals surface area contributed by atoms with Crippen LogP contribution in [0.25, 0.3) is 5.57 Å². The molecule has 0 saturated carbocycles. The van der Waals surface area contributed by atoms with E-state index in [4.69, 9.17) is 16.3 Å². The summed E-state index contributed by atoms with van der Waals surface area (Å²) in [6, 6.07) is 10.7. The van der Waals surface area contributed by atoms with Gasteiger partial charge in [-0.05, 0) is 42.3 Å². The number of halogens is 2. The summed E-state index contributed by atoms with van der Waals surface area (Å²) in [7, 11) is 0. The number of nitrogens with zero attached hydrogens (tertiary/aromatic N) is 2. The molecule has 7 heteroatoms. The van der Waals surface area contributed by atoms with Gasteiger partial charge in [0.25, 0.3) is 11.8 Å². The summed E-state index contributed by atoms with van der Waals surface area (Å²) in [6.07, 6.45) is 0. The van der Waals surface area contributed by atoms with Crippen LogP contribution in [0.15, 0.2) is 48.2 Å². The fourth-order valence-electron chi connectivity index (χ4n) is 3.43. The molecule has 2 aliphatic rings. The second-order valence-corrected chi connectivity index (χ2v) is 7.12. The quantitative estimate of drug-likeness (QED) is 0.741. The molecule has 2 amide bonds. The maximum Gasteiger partial charge on any atom is 0.282 e. The van der Waals surface area contributed by atoms with Gasteiger partial charge in [-0.15, -0.1) is 0 Å². The zero-order valence-corrected chi connectivity index (χ0v) is 16.0. The van der Waals surface area contributed by atoms with Gasteiger partial charge in [-0.3, -0.25) is 9.59 Å². The Morgan fingerprint density at radius 2 is 1.68 bits per heavy atom. The van der Waals surface area contributed by atoms with Crippen molar-refractivity contribution in [1.29, 1.82) is 0 Å². The topological polar surface area (TPSA) is 49.9 Å². The highest BCUT2D eigenvalue weighted by atomic mass is 35.5. The minimum absolute atomic E-state index is 0.267. The number of benzene rings is 2. The van der Waals surface area contributed by atoms with Crippen molar-refractivity contribution < 1.29 is 18.7 Å². The van der Waals surface area contributed by atoms with Crippen LogP contribution in [0.4, 0.5) is 10.1 Å². The van der Waals surface area contributed by atoms with Crippen molar-refractivity contribution in [2.45, 2.75) is 6.92 Å². The van der Waals surface area contributed by atoms with Crippen LogP contribution in [0.1, 0.15) is 11.1 Å². The molecule has 0 atom stereocenters. The maximum atomic E-state index is 13.4. The van der Waals surface area contributed by atoms with Gasteiger partial charge in [-0.2, -0.15) is 0 Å². The molecule has 144 valence electrons. The van der Waals surface area contributed by atoms with Crippen LogP contribution in [0.3, 0.4) is 0 Å². The number of rotatable bonds is 3. The van der Waals surface area contributed by atoms with Crippen molar-refractivity contribution >= 4 is 34.7 Å². The standard InChI is InChI=1S/C21H18ClFN2O3/c1-13-2-7-16(12-17(13)22)25-20(26)18(14-3-5-15(23)6-4-14)19(21(25)27)24-8-10-28-11-9-24/h2-7,12H,8-11H2,1H3. The molecular weight excluding hydrogens is 383 g/mol. The molecular formula is C21H18ClFN2O3. The van der Waals surface area contributed by atoms with E-state index in [-0.39, 0.29) is 5.57 Å². The average molecular weight is 401 g/mol. The van der Waals surface area contributed by atoms with E-state index in [1.54, 1.807) is 18.2 Å². The minimum atomic E-state index is -0.446. The van der Waals surface area contributed by atoms with Gasteiger partial charge >= 0.3 is 0 Å². The molecule has 2 heterocycles. The monoisotopic (exact) mass is 400 g/mol. The van der Waals surface area contributed by atoms with Crippen molar-refractivity contribution in [3.63, 3.8) is 0 Å². The number of amides is 2. The van der Waals surface area contributed by atoms with Crippen LogP contribution in [-0.2, 0) is 14.3 Å². The predicted octanol–water partition coefficient (Wildman–Crippen LogP) is 3.40. The van der Waals surface area contributed by atoms with Crippen LogP contribution in [0.2, 0.25) is 5.02 Å². The van der Waals surface area contributed by atoms with Gasteiger partial charge in [0.1, 0.15) is 11.5 Å². The molecule has 0 aliphatic carbocycles. The normalized spacial score (nSPS) is 17.7. The Bertz CT molecular complexity index is 982. The van der Waals surface area contributed by atoms with Crippen LogP contribution >= 0.6 is 11.6 Å². The second kappa shape index (κ2) is 7.37. The van der Waals surface area contributed by atoms with E-state index < -0.39 is 17.6 Å². The van der Waals surface area contributed by atoms with E-state index >= 15 is 0 Å². The molecule has 2 aromatic carbocycles. The van der Waals surface area contributed by atoms with Crippen molar-refractivity contribution in [1.82, 2.24) is 4.90 Å². The van der Waals surface area contributed by atoms with E-state index in [1.165, 1.54) is 24.3 Å². The highest BCUT2D eigenvalue weighted by molar-refractivity contribution is 6.45. The Kier molecular flexibility index (Phi) is 4.91. The minimum Gasteiger partial charge on any atom is -0.378 e. The van der Waals surface area contributed by atoms with Gasteiger partial charge in [0.2, 0.25) is 0 Å². The third kappa shape index (κ3) is 3.19. The number of carbonyl (C=O) groups is 2. The van der Waals surface area contributed by atoms with E-state index in [2.05, 4.69) is 0 Å². The first-order valence-corrected chi connectivity index (χ1v) is 9.33. The lowest BCUT2D eigenvalue weighted by atomic mass is 10.0. The number of anilines is 1. The lowest BCUT2D eigenvalue weighted by molar-refractivity contribution is -0.121. The molecule has 5 nitrogen and oxygen atoms in total. The molecule has 0 N–H and O–H groups in total. The third-order valence-corrected chi connectivity index (χ3v) is 5.34. The highest BCUT2D eigenvalue weighted by Crippen LogP contribution is 2.36. The first kappa shape index (κ1) is 18.7. The highest BCUT2D eigenvalue weighted by Gasteiger charge is 2.42. The number of ether oxygens (including phenoxy) is 1. The lowest BCUT2D eigenvalue weighted by Crippen LogP contribution is -2.40. The summed E-state index contributed by atoms with van der Waals surface area (Å²) < 4.78 is 18.8. The maximum absolute atomic E-state index is 13.4. The zero-order chi connectivity index (χ0) is 19.8. The van der Waals surface area contributed by atoms with Crippen LogP contribution < -0.4 is 4.90 Å². The number of hydrogen-bond donors (Lipinski definition) is 0. The summed E-state index contributed by atoms with van der Waals surface area (Å²) in [6.45, 7) is 3.79. The van der Waals surface area contributed by atoms with E-state index in [0.717, 1.165) is 10.5 Å². The summed E-state index contributed by atoms with van der Waals surface area (Å²) in [5.41, 5.74) is 2.35. The molecule has 0 radical (unpaired) electrons. The molecule has 0 spiro atoms. The molecule has 0 unspecified atom stereocenters. The van der Waals surface area contributed by atoms with Gasteiger partial charge in [-0.1, -0.05) is 29.8 Å². The molecule has 28 heavy (non-hydrogen) atoms. The molecule has 0 bridgehead atoms. The Balaban J connectivity index is 1.82. The van der Waals surface area contributed by atoms with Gasteiger partial charge in [0, 0.05) is 18.1 Å². The van der Waals surface area contributed by atoms with Crippen molar-refractivity contribution in [2.75, 3.05) is 31.2 Å². The Hall–Kier alpha value is -2.70. The number of imide groups is 1. The summed E-state index contributed by atoms with van der Waals surface area (Å²) in [4.78, 5) is 29.6. The summed E-state index contributed by atoms with van der Waals surface area (Å²) in [5, 5.41) is 0.473. The second-order valence-electron chi connectivity index (χ2n) is 6.71. The van der Waals surface area contributed by atoms with E-state index in [1.807, 2.05) is 11.8 Å². The van der Waals surface area contributed by atoms with Crippen molar-refractivity contribution in [2.24, 2.45) is 0 Å². The lowest BCUT2D eigenvalue weighted by Gasteiger charge is -2.29. The fourth-order valence-corrected chi connectivity index (χ4v) is 3.61. The first-order valence-electron chi connectivity index (χ1n) is 8.95. The fraction of sp³-hybridized carbons (Fsp3) is 0.238. The Morgan fingerprint density at radius 3 is 2.32 bits per heavy atom. The molecule has 1 saturated heterocycles. The van der Waals surface area contributed by atoms with Gasteiger partial charge < -0.3 is 9.64 Å². The summed E-state index contributed by atoms with van der Waals surface area (Å²) >= 11 is 6.21. The van der Waals surface area contributed by atoms with Gasteiger partial charge in [0.05, 0.1) is 24.5 Å². The number of hydrogen-bond acceptors (Lipinski definition) is 4. The average Bonchev–Trinajstić information content (AvgIpc) is 2.96. The Labute approximate surface area is 166 Å². The van der Waals surface area contributed by atoms with Crippen LogP contribution in [-0.4, -0.2) is 43.0 Å². The largest absolute Gasteiger partial charge is 0.378 e. The first-order chi connectivity index (χ1) is 13.5. The van der Waals surface area contributed by atoms with Crippen molar-refractivity contribution in [3.05, 3.63) is 70.1 Å². The smallest absolute Gasteiger partial charge is 0.282 e. The predicted molar refractivity (Wildman–Crippen MR) is 104 cm³/mol. The van der Waals surface area contributed by atoms with Crippen LogP contribution in [0.5, 0.6) is 0 Å². The number of carbonyl (C=O) groups excluding carboxylic acids is 2. The Morgan fingerprint density at radius 1 is 1.00 bits per heavy atom. The molecule has 1 fully saturated rings. The van der Waals surface area contributed by atoms with Crippen LogP contribution in [0, 0.1) is 12.7 Å². The number of morpholine rings is 1.